The predicted molar refractivity (Wildman–Crippen MR) is 64.5 cm³/mol. The quantitative estimate of drug-likeness (QED) is 0.813. The molecule has 17 heavy (non-hydrogen) atoms. The summed E-state index contributed by atoms with van der Waals surface area (Å²) < 4.78 is 5.44. The molecule has 2 unspecified atom stereocenters. The Bertz CT molecular complexity index is 408. The molecule has 2 heterocycles. The summed E-state index contributed by atoms with van der Waals surface area (Å²) in [5.74, 6) is 0.562. The highest BCUT2D eigenvalue weighted by Crippen LogP contribution is 2.19. The van der Waals surface area contributed by atoms with Gasteiger partial charge in [-0.3, -0.25) is 4.79 Å². The van der Waals surface area contributed by atoms with Gasteiger partial charge in [0.1, 0.15) is 11.5 Å². The van der Waals surface area contributed by atoms with E-state index in [1.165, 1.54) is 0 Å². The molecule has 0 saturated carbocycles. The molecule has 0 aromatic carbocycles. The molecule has 1 aromatic heterocycles. The third-order valence-electron chi connectivity index (χ3n) is 3.06. The Balaban J connectivity index is 1.89. The average Bonchev–Trinajstić information content (AvgIpc) is 2.72. The van der Waals surface area contributed by atoms with E-state index in [1.807, 2.05) is 6.92 Å². The van der Waals surface area contributed by atoms with Gasteiger partial charge in [0.25, 0.3) is 5.91 Å². The van der Waals surface area contributed by atoms with Gasteiger partial charge in [-0.15, -0.1) is 0 Å². The number of hydrogen-bond acceptors (Lipinski definition) is 4. The molecular formula is C12H17N3O2. The number of nitrogens with one attached hydrogen (secondary N) is 1. The molecule has 5 heteroatoms. The molecule has 2 atom stereocenters. The maximum Gasteiger partial charge on any atom is 0.269 e. The number of carbonyl (C=O) groups excluding carboxylic acids is 1. The number of pyridine rings is 1. The van der Waals surface area contributed by atoms with Crippen molar-refractivity contribution < 1.29 is 9.53 Å². The zero-order chi connectivity index (χ0) is 12.3. The first-order valence-electron chi connectivity index (χ1n) is 5.79. The van der Waals surface area contributed by atoms with Gasteiger partial charge in [0.05, 0.1) is 6.10 Å². The first kappa shape index (κ1) is 11.9. The van der Waals surface area contributed by atoms with Crippen LogP contribution in [0.4, 0.5) is 5.82 Å². The third-order valence-corrected chi connectivity index (χ3v) is 3.06. The van der Waals surface area contributed by atoms with Gasteiger partial charge in [0, 0.05) is 19.1 Å². The third kappa shape index (κ3) is 2.94. The number of nitrogens with zero attached hydrogens (tertiary/aromatic N) is 1. The van der Waals surface area contributed by atoms with E-state index < -0.39 is 0 Å². The lowest BCUT2D eigenvalue weighted by Crippen LogP contribution is -2.32. The Kier molecular flexibility index (Phi) is 3.58. The molecular weight excluding hydrogens is 218 g/mol. The van der Waals surface area contributed by atoms with Gasteiger partial charge >= 0.3 is 0 Å². The number of aromatic nitrogens is 1. The van der Waals surface area contributed by atoms with Crippen LogP contribution in [0.5, 0.6) is 0 Å². The normalized spacial score (nSPS) is 23.6. The van der Waals surface area contributed by atoms with Crippen molar-refractivity contribution in [3.05, 3.63) is 23.9 Å². The molecule has 1 amide bonds. The minimum atomic E-state index is -0.184. The van der Waals surface area contributed by atoms with Crippen molar-refractivity contribution in [2.45, 2.75) is 19.4 Å². The molecule has 0 radical (unpaired) electrons. The van der Waals surface area contributed by atoms with E-state index in [0.29, 0.717) is 24.0 Å². The van der Waals surface area contributed by atoms with Crippen LogP contribution in [-0.2, 0) is 4.74 Å². The molecule has 92 valence electrons. The highest BCUT2D eigenvalue weighted by molar-refractivity contribution is 5.92. The highest BCUT2D eigenvalue weighted by atomic mass is 16.5. The van der Waals surface area contributed by atoms with E-state index in [-0.39, 0.29) is 12.0 Å². The van der Waals surface area contributed by atoms with Crippen molar-refractivity contribution in [2.75, 3.05) is 18.9 Å². The van der Waals surface area contributed by atoms with Crippen LogP contribution < -0.4 is 11.1 Å². The zero-order valence-electron chi connectivity index (χ0n) is 9.85. The van der Waals surface area contributed by atoms with Crippen molar-refractivity contribution in [3.8, 4) is 0 Å². The Labute approximate surface area is 100 Å². The van der Waals surface area contributed by atoms with Crippen LogP contribution >= 0.6 is 0 Å². The summed E-state index contributed by atoms with van der Waals surface area (Å²) in [7, 11) is 0. The zero-order valence-corrected chi connectivity index (χ0v) is 9.85. The molecule has 5 nitrogen and oxygen atoms in total. The van der Waals surface area contributed by atoms with Gasteiger partial charge in [0.15, 0.2) is 0 Å². The summed E-state index contributed by atoms with van der Waals surface area (Å²) >= 11 is 0. The smallest absolute Gasteiger partial charge is 0.269 e. The van der Waals surface area contributed by atoms with Crippen molar-refractivity contribution in [1.29, 1.82) is 0 Å². The van der Waals surface area contributed by atoms with E-state index in [2.05, 4.69) is 10.3 Å². The predicted octanol–water partition coefficient (Wildman–Crippen LogP) is 0.819. The van der Waals surface area contributed by atoms with Crippen molar-refractivity contribution in [3.63, 3.8) is 0 Å². The monoisotopic (exact) mass is 235 g/mol. The van der Waals surface area contributed by atoms with Gasteiger partial charge in [-0.05, 0) is 25.5 Å². The van der Waals surface area contributed by atoms with Gasteiger partial charge in [-0.25, -0.2) is 4.98 Å². The highest BCUT2D eigenvalue weighted by Gasteiger charge is 2.24. The number of rotatable bonds is 3. The van der Waals surface area contributed by atoms with Gasteiger partial charge < -0.3 is 15.8 Å². The van der Waals surface area contributed by atoms with Crippen LogP contribution in [0.3, 0.4) is 0 Å². The number of nitrogens with two attached hydrogens (primary N) is 1. The Morgan fingerprint density at radius 2 is 2.47 bits per heavy atom. The summed E-state index contributed by atoms with van der Waals surface area (Å²) in [5.41, 5.74) is 5.88. The van der Waals surface area contributed by atoms with Crippen LogP contribution in [0.25, 0.3) is 0 Å². The van der Waals surface area contributed by atoms with E-state index in [1.54, 1.807) is 18.2 Å². The summed E-state index contributed by atoms with van der Waals surface area (Å²) in [6.07, 6.45) is 1.20. The van der Waals surface area contributed by atoms with Crippen molar-refractivity contribution in [1.82, 2.24) is 10.3 Å². The second-order valence-corrected chi connectivity index (χ2v) is 4.28. The topological polar surface area (TPSA) is 77.2 Å². The lowest BCUT2D eigenvalue weighted by molar-refractivity contribution is 0.0903. The van der Waals surface area contributed by atoms with Gasteiger partial charge in [0.2, 0.25) is 0 Å². The summed E-state index contributed by atoms with van der Waals surface area (Å²) in [6.45, 7) is 3.43. The molecule has 1 fully saturated rings. The summed E-state index contributed by atoms with van der Waals surface area (Å²) in [4.78, 5) is 15.8. The Hall–Kier alpha value is -1.62. The maximum absolute atomic E-state index is 11.8. The number of ether oxygens (including phenoxy) is 1. The first-order valence-corrected chi connectivity index (χ1v) is 5.79. The SMILES string of the molecule is CC1OCCC1CNC(=O)c1cccc(N)n1. The molecule has 1 saturated heterocycles. The second-order valence-electron chi connectivity index (χ2n) is 4.28. The molecule has 1 aromatic rings. The molecule has 0 aliphatic carbocycles. The van der Waals surface area contributed by atoms with Crippen molar-refractivity contribution >= 4 is 11.7 Å². The molecule has 1 aliphatic rings. The fourth-order valence-electron chi connectivity index (χ4n) is 1.94. The summed E-state index contributed by atoms with van der Waals surface area (Å²) in [6, 6.07) is 5.03. The lowest BCUT2D eigenvalue weighted by atomic mass is 10.0. The largest absolute Gasteiger partial charge is 0.384 e. The first-order chi connectivity index (χ1) is 8.16. The molecule has 0 bridgehead atoms. The molecule has 3 N–H and O–H groups in total. The standard InChI is InChI=1S/C12H17N3O2/c1-8-9(5-6-17-8)7-14-12(16)10-3-2-4-11(13)15-10/h2-4,8-9H,5-7H2,1H3,(H2,13,15)(H,14,16). The average molecular weight is 235 g/mol. The Morgan fingerprint density at radius 1 is 1.65 bits per heavy atom. The summed E-state index contributed by atoms with van der Waals surface area (Å²) in [5, 5.41) is 2.86. The van der Waals surface area contributed by atoms with E-state index in [4.69, 9.17) is 10.5 Å². The van der Waals surface area contributed by atoms with Crippen LogP contribution in [0.15, 0.2) is 18.2 Å². The van der Waals surface area contributed by atoms with E-state index in [9.17, 15) is 4.79 Å². The Morgan fingerprint density at radius 3 is 3.12 bits per heavy atom. The van der Waals surface area contributed by atoms with Crippen LogP contribution in [0, 0.1) is 5.92 Å². The minimum Gasteiger partial charge on any atom is -0.384 e. The van der Waals surface area contributed by atoms with Gasteiger partial charge in [-0.1, -0.05) is 6.07 Å². The molecule has 0 spiro atoms. The molecule has 2 rings (SSSR count). The fraction of sp³-hybridized carbons (Fsp3) is 0.500. The van der Waals surface area contributed by atoms with Crippen molar-refractivity contribution in [2.24, 2.45) is 5.92 Å². The number of nitrogen functional groups attached to an aromatic ring is 1. The van der Waals surface area contributed by atoms with E-state index >= 15 is 0 Å². The van der Waals surface area contributed by atoms with Crippen LogP contribution in [-0.4, -0.2) is 30.1 Å². The van der Waals surface area contributed by atoms with Crippen LogP contribution in [0.1, 0.15) is 23.8 Å². The van der Waals surface area contributed by atoms with E-state index in [0.717, 1.165) is 13.0 Å². The van der Waals surface area contributed by atoms with Crippen LogP contribution in [0.2, 0.25) is 0 Å². The molecule has 1 aliphatic heterocycles. The number of hydrogen-bond donors (Lipinski definition) is 2. The number of amides is 1. The minimum absolute atomic E-state index is 0.184. The fourth-order valence-corrected chi connectivity index (χ4v) is 1.94. The second kappa shape index (κ2) is 5.14. The van der Waals surface area contributed by atoms with Gasteiger partial charge in [-0.2, -0.15) is 0 Å². The lowest BCUT2D eigenvalue weighted by Gasteiger charge is -2.14. The number of carbonyl (C=O) groups is 1. The number of anilines is 1. The maximum atomic E-state index is 11.8.